The first-order valence-electron chi connectivity index (χ1n) is 4.41. The highest BCUT2D eigenvalue weighted by Crippen LogP contribution is 2.19. The van der Waals surface area contributed by atoms with Gasteiger partial charge in [-0.2, -0.15) is 0 Å². The van der Waals surface area contributed by atoms with Crippen LogP contribution in [0.25, 0.3) is 11.0 Å². The van der Waals surface area contributed by atoms with Gasteiger partial charge in [-0.3, -0.25) is 0 Å². The van der Waals surface area contributed by atoms with E-state index in [2.05, 4.69) is 0 Å². The molecule has 0 unspecified atom stereocenters. The summed E-state index contributed by atoms with van der Waals surface area (Å²) in [6.45, 7) is 5.85. The Morgan fingerprint density at radius 3 is 2.54 bits per heavy atom. The number of fused-ring (bicyclic) bond motifs is 1. The minimum absolute atomic E-state index is 0.258. The van der Waals surface area contributed by atoms with Gasteiger partial charge in [0.25, 0.3) is 0 Å². The molecule has 0 spiro atoms. The van der Waals surface area contributed by atoms with Crippen molar-refractivity contribution in [3.8, 4) is 0 Å². The lowest BCUT2D eigenvalue weighted by molar-refractivity contribution is 0.571. The molecule has 1 heterocycles. The molecule has 0 aliphatic heterocycles. The Morgan fingerprint density at radius 1 is 1.15 bits per heavy atom. The van der Waals surface area contributed by atoms with Crippen LogP contribution in [0.2, 0.25) is 0 Å². The van der Waals surface area contributed by atoms with E-state index in [0.717, 1.165) is 11.1 Å². The molecule has 0 N–H and O–H groups in total. The van der Waals surface area contributed by atoms with E-state index in [1.165, 1.54) is 12.1 Å². The minimum Gasteiger partial charge on any atom is -0.461 e. The van der Waals surface area contributed by atoms with Crippen LogP contribution in [0.4, 0.5) is 4.39 Å². The number of benzene rings is 1. The average Bonchev–Trinajstić information content (AvgIpc) is 2.48. The highest BCUT2D eigenvalue weighted by molar-refractivity contribution is 5.77. The lowest BCUT2D eigenvalue weighted by Gasteiger charge is -1.86. The van der Waals surface area contributed by atoms with E-state index in [0.29, 0.717) is 5.58 Å². The van der Waals surface area contributed by atoms with Crippen LogP contribution in [0.5, 0.6) is 0 Å². The summed E-state index contributed by atoms with van der Waals surface area (Å²) in [5, 5.41) is 0.948. The molecule has 0 saturated heterocycles. The fourth-order valence-electron chi connectivity index (χ4n) is 1.14. The van der Waals surface area contributed by atoms with E-state index in [9.17, 15) is 4.39 Å². The lowest BCUT2D eigenvalue weighted by Crippen LogP contribution is -1.68. The van der Waals surface area contributed by atoms with Crippen molar-refractivity contribution in [3.63, 3.8) is 0 Å². The van der Waals surface area contributed by atoms with Crippen molar-refractivity contribution in [2.75, 3.05) is 0 Å². The predicted molar refractivity (Wildman–Crippen MR) is 52.3 cm³/mol. The molecule has 1 aromatic heterocycles. The third-order valence-corrected chi connectivity index (χ3v) is 1.61. The summed E-state index contributed by atoms with van der Waals surface area (Å²) in [5.41, 5.74) is 0.613. The van der Waals surface area contributed by atoms with E-state index in [1.807, 2.05) is 26.8 Å². The second-order valence-electron chi connectivity index (χ2n) is 2.54. The standard InChI is InChI=1S/C9H7FO.C2H6/c1-6-4-7-2-3-8(10)5-9(7)11-6;1-2/h2-5H,1H3;1-2H3. The van der Waals surface area contributed by atoms with Gasteiger partial charge in [0, 0.05) is 11.5 Å². The number of hydrogen-bond acceptors (Lipinski definition) is 1. The number of halogens is 1. The summed E-state index contributed by atoms with van der Waals surface area (Å²) in [7, 11) is 0. The topological polar surface area (TPSA) is 13.1 Å². The zero-order valence-electron chi connectivity index (χ0n) is 8.10. The maximum absolute atomic E-state index is 12.6. The SMILES string of the molecule is CC.Cc1cc2ccc(F)cc2o1. The quantitative estimate of drug-likeness (QED) is 0.599. The van der Waals surface area contributed by atoms with Crippen molar-refractivity contribution in [1.29, 1.82) is 0 Å². The summed E-state index contributed by atoms with van der Waals surface area (Å²) in [6.07, 6.45) is 0. The van der Waals surface area contributed by atoms with Gasteiger partial charge < -0.3 is 4.42 Å². The smallest absolute Gasteiger partial charge is 0.137 e. The number of rotatable bonds is 0. The Balaban J connectivity index is 0.000000396. The van der Waals surface area contributed by atoms with Crippen LogP contribution in [-0.4, -0.2) is 0 Å². The fourth-order valence-corrected chi connectivity index (χ4v) is 1.14. The Hall–Kier alpha value is -1.31. The molecule has 13 heavy (non-hydrogen) atoms. The van der Waals surface area contributed by atoms with Crippen LogP contribution in [0.15, 0.2) is 28.7 Å². The number of aryl methyl sites for hydroxylation is 1. The summed E-state index contributed by atoms with van der Waals surface area (Å²) >= 11 is 0. The van der Waals surface area contributed by atoms with Gasteiger partial charge in [0.15, 0.2) is 0 Å². The molecule has 0 fully saturated rings. The van der Waals surface area contributed by atoms with Gasteiger partial charge >= 0.3 is 0 Å². The van der Waals surface area contributed by atoms with Crippen LogP contribution in [0.1, 0.15) is 19.6 Å². The molecule has 1 aromatic carbocycles. The maximum atomic E-state index is 12.6. The second kappa shape index (κ2) is 4.08. The van der Waals surface area contributed by atoms with Gasteiger partial charge in [0.2, 0.25) is 0 Å². The van der Waals surface area contributed by atoms with E-state index < -0.39 is 0 Å². The van der Waals surface area contributed by atoms with Crippen LogP contribution in [0.3, 0.4) is 0 Å². The normalized spacial score (nSPS) is 9.54. The first kappa shape index (κ1) is 9.78. The van der Waals surface area contributed by atoms with Crippen molar-refractivity contribution in [1.82, 2.24) is 0 Å². The van der Waals surface area contributed by atoms with Crippen LogP contribution in [-0.2, 0) is 0 Å². The molecule has 0 aliphatic carbocycles. The zero-order chi connectivity index (χ0) is 9.84. The summed E-state index contributed by atoms with van der Waals surface area (Å²) in [4.78, 5) is 0. The molecule has 0 aliphatic rings. The predicted octanol–water partition coefficient (Wildman–Crippen LogP) is 3.91. The van der Waals surface area contributed by atoms with Crippen molar-refractivity contribution in [3.05, 3.63) is 35.8 Å². The van der Waals surface area contributed by atoms with E-state index in [1.54, 1.807) is 6.07 Å². The highest BCUT2D eigenvalue weighted by atomic mass is 19.1. The van der Waals surface area contributed by atoms with Gasteiger partial charge in [-0.05, 0) is 25.1 Å². The van der Waals surface area contributed by atoms with Gasteiger partial charge in [0.1, 0.15) is 17.2 Å². The van der Waals surface area contributed by atoms with Gasteiger partial charge in [-0.15, -0.1) is 0 Å². The molecule has 0 amide bonds. The molecule has 0 bridgehead atoms. The molecule has 2 heteroatoms. The molecule has 70 valence electrons. The minimum atomic E-state index is -0.258. The van der Waals surface area contributed by atoms with Crippen LogP contribution >= 0.6 is 0 Å². The van der Waals surface area contributed by atoms with Gasteiger partial charge in [-0.1, -0.05) is 13.8 Å². The maximum Gasteiger partial charge on any atom is 0.137 e. The first-order chi connectivity index (χ1) is 6.25. The van der Waals surface area contributed by atoms with Crippen molar-refractivity contribution in [2.24, 2.45) is 0 Å². The number of furan rings is 1. The molecule has 2 rings (SSSR count). The molecule has 0 atom stereocenters. The largest absolute Gasteiger partial charge is 0.461 e. The van der Waals surface area contributed by atoms with Gasteiger partial charge in [-0.25, -0.2) is 4.39 Å². The monoisotopic (exact) mass is 180 g/mol. The summed E-state index contributed by atoms with van der Waals surface area (Å²) in [5.74, 6) is 0.553. The average molecular weight is 180 g/mol. The second-order valence-corrected chi connectivity index (χ2v) is 2.54. The molecular weight excluding hydrogens is 167 g/mol. The molecule has 2 aromatic rings. The zero-order valence-corrected chi connectivity index (χ0v) is 8.10. The summed E-state index contributed by atoms with van der Waals surface area (Å²) < 4.78 is 17.8. The fraction of sp³-hybridized carbons (Fsp3) is 0.273. The highest BCUT2D eigenvalue weighted by Gasteiger charge is 1.99. The van der Waals surface area contributed by atoms with Crippen molar-refractivity contribution in [2.45, 2.75) is 20.8 Å². The van der Waals surface area contributed by atoms with Crippen LogP contribution in [0, 0.1) is 12.7 Å². The molecular formula is C11H13FO. The third-order valence-electron chi connectivity index (χ3n) is 1.61. The van der Waals surface area contributed by atoms with E-state index >= 15 is 0 Å². The summed E-state index contributed by atoms with van der Waals surface area (Å²) in [6, 6.07) is 6.41. The molecule has 0 radical (unpaired) electrons. The molecule has 0 saturated carbocycles. The molecule has 1 nitrogen and oxygen atoms in total. The Morgan fingerprint density at radius 2 is 1.85 bits per heavy atom. The Kier molecular flexibility index (Phi) is 3.07. The Bertz CT molecular complexity index is 390. The van der Waals surface area contributed by atoms with Gasteiger partial charge in [0.05, 0.1) is 0 Å². The van der Waals surface area contributed by atoms with Crippen molar-refractivity contribution >= 4 is 11.0 Å². The van der Waals surface area contributed by atoms with E-state index in [4.69, 9.17) is 4.42 Å². The number of hydrogen-bond donors (Lipinski definition) is 0. The first-order valence-corrected chi connectivity index (χ1v) is 4.41. The van der Waals surface area contributed by atoms with E-state index in [-0.39, 0.29) is 5.82 Å². The van der Waals surface area contributed by atoms with Crippen LogP contribution < -0.4 is 0 Å². The van der Waals surface area contributed by atoms with Crippen molar-refractivity contribution < 1.29 is 8.81 Å². The lowest BCUT2D eigenvalue weighted by atomic mass is 10.2. The Labute approximate surface area is 77.2 Å². The third kappa shape index (κ3) is 2.08.